The molecule has 0 spiro atoms. The van der Waals surface area contributed by atoms with Gasteiger partial charge in [-0.1, -0.05) is 17.4 Å². The second-order valence-corrected chi connectivity index (χ2v) is 10.8. The molecule has 3 aromatic heterocycles. The van der Waals surface area contributed by atoms with Crippen molar-refractivity contribution in [2.45, 2.75) is 6.92 Å². The minimum absolute atomic E-state index is 0.486. The number of rotatable bonds is 5. The summed E-state index contributed by atoms with van der Waals surface area (Å²) in [5.74, 6) is 0.706. The van der Waals surface area contributed by atoms with E-state index in [1.807, 2.05) is 31.3 Å². The van der Waals surface area contributed by atoms with Crippen molar-refractivity contribution in [3.8, 4) is 11.1 Å². The Balaban J connectivity index is 1.33. The molecule has 0 radical (unpaired) electrons. The lowest BCUT2D eigenvalue weighted by Crippen LogP contribution is -2.48. The molecule has 11 heteroatoms. The second-order valence-electron chi connectivity index (χ2n) is 7.78. The number of H-pyrrole nitrogens is 1. The SMILES string of the molecule is Cc1[nH]ncc1-c1ccc2nc(Nc3cc(N4CCN(S(C)(=O)=O)CC4)ccn3)sc2c1. The standard InChI is InChI=1S/C21H23N7O2S2/c1-14-17(13-23-26-14)15-3-4-18-19(11-15)31-21(24-18)25-20-12-16(5-6-22-20)27-7-9-28(10-8-27)32(2,29)30/h3-6,11-13H,7-10H2,1-2H3,(H,23,26)(H,22,24,25). The minimum atomic E-state index is -3.14. The monoisotopic (exact) mass is 469 g/mol. The first kappa shape index (κ1) is 20.9. The van der Waals surface area contributed by atoms with Crippen molar-refractivity contribution in [1.29, 1.82) is 0 Å². The van der Waals surface area contributed by atoms with Gasteiger partial charge in [0.1, 0.15) is 5.82 Å². The number of nitrogens with one attached hydrogen (secondary N) is 2. The van der Waals surface area contributed by atoms with Gasteiger partial charge in [0.2, 0.25) is 10.0 Å². The molecular formula is C21H23N7O2S2. The molecule has 1 aliphatic rings. The van der Waals surface area contributed by atoms with E-state index in [4.69, 9.17) is 0 Å². The molecule has 0 aliphatic carbocycles. The summed E-state index contributed by atoms with van der Waals surface area (Å²) in [6.07, 6.45) is 4.85. The van der Waals surface area contributed by atoms with Crippen LogP contribution in [0.25, 0.3) is 21.3 Å². The van der Waals surface area contributed by atoms with Crippen LogP contribution in [0.15, 0.2) is 42.7 Å². The van der Waals surface area contributed by atoms with Crippen molar-refractivity contribution in [3.05, 3.63) is 48.4 Å². The van der Waals surface area contributed by atoms with Crippen molar-refractivity contribution in [2.24, 2.45) is 0 Å². The zero-order valence-corrected chi connectivity index (χ0v) is 19.4. The van der Waals surface area contributed by atoms with Gasteiger partial charge in [-0.3, -0.25) is 5.10 Å². The molecule has 4 aromatic rings. The summed E-state index contributed by atoms with van der Waals surface area (Å²) >= 11 is 1.57. The topological polar surface area (TPSA) is 107 Å². The summed E-state index contributed by atoms with van der Waals surface area (Å²) in [6.45, 7) is 4.27. The van der Waals surface area contributed by atoms with Crippen LogP contribution in [0, 0.1) is 6.92 Å². The summed E-state index contributed by atoms with van der Waals surface area (Å²) in [5, 5.41) is 11.2. The van der Waals surface area contributed by atoms with Gasteiger partial charge in [0, 0.05) is 55.4 Å². The summed E-state index contributed by atoms with van der Waals surface area (Å²) in [6, 6.07) is 10.1. The number of fused-ring (bicyclic) bond motifs is 1. The molecule has 1 aromatic carbocycles. The highest BCUT2D eigenvalue weighted by Gasteiger charge is 2.23. The quantitative estimate of drug-likeness (QED) is 0.462. The van der Waals surface area contributed by atoms with E-state index in [0.29, 0.717) is 32.0 Å². The molecule has 1 aliphatic heterocycles. The summed E-state index contributed by atoms with van der Waals surface area (Å²) < 4.78 is 26.1. The number of nitrogens with zero attached hydrogens (tertiary/aromatic N) is 5. The first-order valence-electron chi connectivity index (χ1n) is 10.2. The Hall–Kier alpha value is -3.02. The van der Waals surface area contributed by atoms with Gasteiger partial charge < -0.3 is 10.2 Å². The molecule has 0 bridgehead atoms. The van der Waals surface area contributed by atoms with Gasteiger partial charge in [0.25, 0.3) is 0 Å². The molecule has 0 atom stereocenters. The van der Waals surface area contributed by atoms with Gasteiger partial charge in [0.15, 0.2) is 5.13 Å². The van der Waals surface area contributed by atoms with Crippen LogP contribution in [-0.2, 0) is 10.0 Å². The van der Waals surface area contributed by atoms with Gasteiger partial charge in [-0.05, 0) is 30.7 Å². The van der Waals surface area contributed by atoms with Gasteiger partial charge in [-0.2, -0.15) is 9.40 Å². The maximum atomic E-state index is 11.7. The van der Waals surface area contributed by atoms with Crippen LogP contribution in [0.4, 0.5) is 16.6 Å². The van der Waals surface area contributed by atoms with Crippen LogP contribution < -0.4 is 10.2 Å². The smallest absolute Gasteiger partial charge is 0.211 e. The highest BCUT2D eigenvalue weighted by atomic mass is 32.2. The fraction of sp³-hybridized carbons (Fsp3) is 0.286. The zero-order chi connectivity index (χ0) is 22.3. The van der Waals surface area contributed by atoms with E-state index in [-0.39, 0.29) is 0 Å². The third-order valence-electron chi connectivity index (χ3n) is 5.58. The minimum Gasteiger partial charge on any atom is -0.369 e. The molecule has 5 rings (SSSR count). The lowest BCUT2D eigenvalue weighted by molar-refractivity contribution is 0.388. The predicted octanol–water partition coefficient (Wildman–Crippen LogP) is 3.22. The number of aryl methyl sites for hydroxylation is 1. The number of aromatic nitrogens is 4. The summed E-state index contributed by atoms with van der Waals surface area (Å²) in [7, 11) is -3.14. The fourth-order valence-electron chi connectivity index (χ4n) is 3.86. The highest BCUT2D eigenvalue weighted by Crippen LogP contribution is 2.32. The maximum absolute atomic E-state index is 11.7. The number of anilines is 3. The number of thiazole rings is 1. The molecule has 1 saturated heterocycles. The van der Waals surface area contributed by atoms with Gasteiger partial charge in [-0.15, -0.1) is 0 Å². The normalized spacial score (nSPS) is 15.4. The van der Waals surface area contributed by atoms with Crippen LogP contribution in [-0.4, -0.2) is 65.3 Å². The third kappa shape index (κ3) is 4.18. The lowest BCUT2D eigenvalue weighted by Gasteiger charge is -2.34. The molecule has 0 saturated carbocycles. The van der Waals surface area contributed by atoms with Crippen LogP contribution >= 0.6 is 11.3 Å². The molecule has 2 N–H and O–H groups in total. The number of sulfonamides is 1. The number of benzene rings is 1. The third-order valence-corrected chi connectivity index (χ3v) is 7.82. The van der Waals surface area contributed by atoms with Crippen LogP contribution in [0.2, 0.25) is 0 Å². The zero-order valence-electron chi connectivity index (χ0n) is 17.7. The number of aromatic amines is 1. The van der Waals surface area contributed by atoms with E-state index >= 15 is 0 Å². The number of hydrogen-bond donors (Lipinski definition) is 2. The number of piperazine rings is 1. The first-order valence-corrected chi connectivity index (χ1v) is 12.9. The Morgan fingerprint density at radius 3 is 2.66 bits per heavy atom. The van der Waals surface area contributed by atoms with E-state index in [0.717, 1.165) is 37.9 Å². The molecule has 4 heterocycles. The van der Waals surface area contributed by atoms with E-state index in [2.05, 4.69) is 42.5 Å². The first-order chi connectivity index (χ1) is 15.4. The number of hydrogen-bond acceptors (Lipinski definition) is 8. The average molecular weight is 470 g/mol. The Morgan fingerprint density at radius 1 is 1.12 bits per heavy atom. The van der Waals surface area contributed by atoms with Crippen molar-refractivity contribution in [2.75, 3.05) is 42.7 Å². The largest absolute Gasteiger partial charge is 0.369 e. The summed E-state index contributed by atoms with van der Waals surface area (Å²) in [4.78, 5) is 11.3. The maximum Gasteiger partial charge on any atom is 0.211 e. The highest BCUT2D eigenvalue weighted by molar-refractivity contribution is 7.88. The van der Waals surface area contributed by atoms with E-state index < -0.39 is 10.0 Å². The lowest BCUT2D eigenvalue weighted by atomic mass is 10.1. The molecular weight excluding hydrogens is 446 g/mol. The predicted molar refractivity (Wildman–Crippen MR) is 128 cm³/mol. The van der Waals surface area contributed by atoms with Crippen molar-refractivity contribution < 1.29 is 8.42 Å². The van der Waals surface area contributed by atoms with Gasteiger partial charge in [-0.25, -0.2) is 18.4 Å². The molecule has 166 valence electrons. The van der Waals surface area contributed by atoms with Crippen LogP contribution in [0.3, 0.4) is 0 Å². The van der Waals surface area contributed by atoms with Crippen molar-refractivity contribution in [3.63, 3.8) is 0 Å². The molecule has 0 unspecified atom stereocenters. The van der Waals surface area contributed by atoms with Gasteiger partial charge in [0.05, 0.1) is 22.7 Å². The second kappa shape index (κ2) is 8.15. The van der Waals surface area contributed by atoms with E-state index in [1.165, 1.54) is 10.6 Å². The Labute approximate surface area is 190 Å². The van der Waals surface area contributed by atoms with E-state index in [1.54, 1.807) is 17.5 Å². The number of pyridine rings is 1. The van der Waals surface area contributed by atoms with Crippen LogP contribution in [0.1, 0.15) is 5.69 Å². The summed E-state index contributed by atoms with van der Waals surface area (Å²) in [5.41, 5.74) is 5.16. The van der Waals surface area contributed by atoms with Gasteiger partial charge >= 0.3 is 0 Å². The fourth-order valence-corrected chi connectivity index (χ4v) is 5.60. The van der Waals surface area contributed by atoms with E-state index in [9.17, 15) is 8.42 Å². The Bertz CT molecular complexity index is 1370. The molecule has 9 nitrogen and oxygen atoms in total. The molecule has 1 fully saturated rings. The average Bonchev–Trinajstić information content (AvgIpc) is 3.38. The molecule has 0 amide bonds. The Morgan fingerprint density at radius 2 is 1.94 bits per heavy atom. The van der Waals surface area contributed by atoms with Crippen molar-refractivity contribution in [1.82, 2.24) is 24.5 Å². The van der Waals surface area contributed by atoms with Crippen molar-refractivity contribution >= 4 is 48.2 Å². The molecule has 32 heavy (non-hydrogen) atoms. The Kier molecular flexibility index (Phi) is 5.31. The van der Waals surface area contributed by atoms with Crippen LogP contribution in [0.5, 0.6) is 0 Å².